The fourth-order valence-electron chi connectivity index (χ4n) is 2.28. The Hall–Kier alpha value is -2.17. The van der Waals surface area contributed by atoms with Gasteiger partial charge in [0.15, 0.2) is 0 Å². The van der Waals surface area contributed by atoms with E-state index in [4.69, 9.17) is 4.52 Å². The molecule has 0 N–H and O–H groups in total. The van der Waals surface area contributed by atoms with Gasteiger partial charge in [-0.3, -0.25) is 4.79 Å². The van der Waals surface area contributed by atoms with Gasteiger partial charge in [-0.25, -0.2) is 0 Å². The molecule has 2 aromatic rings. The minimum absolute atomic E-state index is 0.0474. The van der Waals surface area contributed by atoms with Crippen LogP contribution in [0.15, 0.2) is 34.9 Å². The molecule has 1 aromatic carbocycles. The van der Waals surface area contributed by atoms with Gasteiger partial charge in [-0.2, -0.15) is 4.98 Å². The van der Waals surface area contributed by atoms with Crippen LogP contribution in [0.2, 0.25) is 0 Å². The van der Waals surface area contributed by atoms with Crippen molar-refractivity contribution in [2.75, 3.05) is 0 Å². The first-order valence-electron chi connectivity index (χ1n) is 7.94. The Kier molecular flexibility index (Phi) is 5.19. The molecule has 1 heterocycles. The van der Waals surface area contributed by atoms with Crippen LogP contribution in [0.4, 0.5) is 0 Å². The number of carbonyl (C=O) groups excluding carboxylic acids is 1. The van der Waals surface area contributed by atoms with Gasteiger partial charge in [-0.05, 0) is 19.3 Å². The molecule has 0 bridgehead atoms. The molecular formula is C18H25N3O2. The average molecular weight is 315 g/mol. The van der Waals surface area contributed by atoms with Gasteiger partial charge in [0.25, 0.3) is 0 Å². The van der Waals surface area contributed by atoms with Crippen molar-refractivity contribution in [2.45, 2.75) is 53.6 Å². The largest absolute Gasteiger partial charge is 0.337 e. The Morgan fingerprint density at radius 3 is 2.43 bits per heavy atom. The molecule has 124 valence electrons. The van der Waals surface area contributed by atoms with Gasteiger partial charge in [0.05, 0.1) is 0 Å². The maximum atomic E-state index is 12.5. The molecule has 1 amide bonds. The van der Waals surface area contributed by atoms with Crippen molar-refractivity contribution in [1.82, 2.24) is 15.0 Å². The Morgan fingerprint density at radius 1 is 1.22 bits per heavy atom. The highest BCUT2D eigenvalue weighted by Gasteiger charge is 2.25. The first kappa shape index (κ1) is 17.2. The van der Waals surface area contributed by atoms with Crippen LogP contribution in [0.1, 0.15) is 46.9 Å². The molecule has 0 atom stereocenters. The smallest absolute Gasteiger partial charge is 0.246 e. The van der Waals surface area contributed by atoms with E-state index < -0.39 is 0 Å². The Bertz CT molecular complexity index is 642. The molecule has 5 heteroatoms. The van der Waals surface area contributed by atoms with E-state index in [9.17, 15) is 4.79 Å². The number of amides is 1. The number of nitrogens with zero attached hydrogens (tertiary/aromatic N) is 3. The maximum Gasteiger partial charge on any atom is 0.246 e. The standard InChI is InChI=1S/C18H25N3O2/c1-13(2)21(16(22)11-18(3,4)5)12-15-19-17(20-23-15)14-9-7-6-8-10-14/h6-10,13H,11-12H2,1-5H3. The molecule has 0 unspecified atom stereocenters. The van der Waals surface area contributed by atoms with Crippen LogP contribution >= 0.6 is 0 Å². The fraction of sp³-hybridized carbons (Fsp3) is 0.500. The zero-order valence-corrected chi connectivity index (χ0v) is 14.5. The Balaban J connectivity index is 2.12. The van der Waals surface area contributed by atoms with E-state index in [-0.39, 0.29) is 17.4 Å². The van der Waals surface area contributed by atoms with Crippen molar-refractivity contribution in [2.24, 2.45) is 5.41 Å². The number of hydrogen-bond acceptors (Lipinski definition) is 4. The third kappa shape index (κ3) is 4.91. The second-order valence-corrected chi connectivity index (χ2v) is 7.23. The highest BCUT2D eigenvalue weighted by Crippen LogP contribution is 2.22. The summed E-state index contributed by atoms with van der Waals surface area (Å²) in [6.07, 6.45) is 0.491. The average Bonchev–Trinajstić information content (AvgIpc) is 2.92. The van der Waals surface area contributed by atoms with Crippen LogP contribution in [0.25, 0.3) is 11.4 Å². The van der Waals surface area contributed by atoms with Crippen molar-refractivity contribution in [3.63, 3.8) is 0 Å². The zero-order chi connectivity index (χ0) is 17.0. The summed E-state index contributed by atoms with van der Waals surface area (Å²) in [6, 6.07) is 9.74. The van der Waals surface area contributed by atoms with Gasteiger partial charge in [0, 0.05) is 18.0 Å². The van der Waals surface area contributed by atoms with Gasteiger partial charge in [-0.15, -0.1) is 0 Å². The molecule has 1 aromatic heterocycles. The topological polar surface area (TPSA) is 59.2 Å². The van der Waals surface area contributed by atoms with E-state index >= 15 is 0 Å². The van der Waals surface area contributed by atoms with E-state index in [1.807, 2.05) is 44.2 Å². The first-order chi connectivity index (χ1) is 10.8. The SMILES string of the molecule is CC(C)N(Cc1nc(-c2ccccc2)no1)C(=O)CC(C)(C)C. The number of rotatable bonds is 5. The quantitative estimate of drug-likeness (QED) is 0.839. The lowest BCUT2D eigenvalue weighted by Gasteiger charge is -2.28. The Labute approximate surface area is 137 Å². The van der Waals surface area contributed by atoms with Crippen LogP contribution in [0, 0.1) is 5.41 Å². The molecule has 0 aliphatic carbocycles. The Morgan fingerprint density at radius 2 is 1.87 bits per heavy atom. The molecule has 23 heavy (non-hydrogen) atoms. The maximum absolute atomic E-state index is 12.5. The van der Waals surface area contributed by atoms with E-state index in [1.54, 1.807) is 4.90 Å². The van der Waals surface area contributed by atoms with Crippen molar-refractivity contribution >= 4 is 5.91 Å². The number of hydrogen-bond donors (Lipinski definition) is 0. The molecule has 2 rings (SSSR count). The van der Waals surface area contributed by atoms with Crippen LogP contribution < -0.4 is 0 Å². The molecule has 5 nitrogen and oxygen atoms in total. The molecule has 0 saturated heterocycles. The molecule has 0 radical (unpaired) electrons. The molecule has 0 saturated carbocycles. The fourth-order valence-corrected chi connectivity index (χ4v) is 2.28. The van der Waals surface area contributed by atoms with Gasteiger partial charge >= 0.3 is 0 Å². The molecule has 0 fully saturated rings. The summed E-state index contributed by atoms with van der Waals surface area (Å²) < 4.78 is 5.32. The molecule has 0 spiro atoms. The van der Waals surface area contributed by atoms with E-state index in [2.05, 4.69) is 30.9 Å². The van der Waals surface area contributed by atoms with Crippen molar-refractivity contribution < 1.29 is 9.32 Å². The number of aromatic nitrogens is 2. The second kappa shape index (κ2) is 6.94. The summed E-state index contributed by atoms with van der Waals surface area (Å²) in [5.41, 5.74) is 0.855. The minimum Gasteiger partial charge on any atom is -0.337 e. The van der Waals surface area contributed by atoms with Crippen LogP contribution in [-0.4, -0.2) is 27.0 Å². The van der Waals surface area contributed by atoms with Crippen molar-refractivity contribution in [3.8, 4) is 11.4 Å². The second-order valence-electron chi connectivity index (χ2n) is 7.23. The lowest BCUT2D eigenvalue weighted by atomic mass is 9.91. The van der Waals surface area contributed by atoms with Crippen LogP contribution in [0.5, 0.6) is 0 Å². The first-order valence-corrected chi connectivity index (χ1v) is 7.94. The number of carbonyl (C=O) groups is 1. The van der Waals surface area contributed by atoms with Crippen LogP contribution in [-0.2, 0) is 11.3 Å². The predicted octanol–water partition coefficient (Wildman–Crippen LogP) is 3.91. The summed E-state index contributed by atoms with van der Waals surface area (Å²) in [6.45, 7) is 10.5. The van der Waals surface area contributed by atoms with Gasteiger partial charge < -0.3 is 9.42 Å². The van der Waals surface area contributed by atoms with E-state index in [0.29, 0.717) is 24.7 Å². The van der Waals surface area contributed by atoms with Crippen molar-refractivity contribution in [3.05, 3.63) is 36.2 Å². The molecular weight excluding hydrogens is 290 g/mol. The molecule has 0 aliphatic rings. The third-order valence-electron chi connectivity index (χ3n) is 3.43. The predicted molar refractivity (Wildman–Crippen MR) is 89.5 cm³/mol. The van der Waals surface area contributed by atoms with E-state index in [0.717, 1.165) is 5.56 Å². The normalized spacial score (nSPS) is 11.7. The van der Waals surface area contributed by atoms with Gasteiger partial charge in [0.2, 0.25) is 17.6 Å². The highest BCUT2D eigenvalue weighted by molar-refractivity contribution is 5.77. The highest BCUT2D eigenvalue weighted by atomic mass is 16.5. The third-order valence-corrected chi connectivity index (χ3v) is 3.43. The summed E-state index contributed by atoms with van der Waals surface area (Å²) in [7, 11) is 0. The van der Waals surface area contributed by atoms with Crippen molar-refractivity contribution in [1.29, 1.82) is 0 Å². The minimum atomic E-state index is -0.0474. The lowest BCUT2D eigenvalue weighted by molar-refractivity contribution is -0.135. The van der Waals surface area contributed by atoms with Crippen LogP contribution in [0.3, 0.4) is 0 Å². The van der Waals surface area contributed by atoms with Gasteiger partial charge in [-0.1, -0.05) is 56.3 Å². The molecule has 0 aliphatic heterocycles. The summed E-state index contributed by atoms with van der Waals surface area (Å²) in [5.74, 6) is 1.11. The van der Waals surface area contributed by atoms with Gasteiger partial charge in [0.1, 0.15) is 6.54 Å². The summed E-state index contributed by atoms with van der Waals surface area (Å²) in [4.78, 5) is 18.7. The summed E-state index contributed by atoms with van der Waals surface area (Å²) in [5, 5.41) is 4.01. The lowest BCUT2D eigenvalue weighted by Crippen LogP contribution is -2.38. The van der Waals surface area contributed by atoms with E-state index in [1.165, 1.54) is 0 Å². The number of benzene rings is 1. The summed E-state index contributed by atoms with van der Waals surface area (Å²) >= 11 is 0. The zero-order valence-electron chi connectivity index (χ0n) is 14.5. The monoisotopic (exact) mass is 315 g/mol.